The van der Waals surface area contributed by atoms with Crippen LogP contribution >= 0.6 is 0 Å². The van der Waals surface area contributed by atoms with E-state index in [9.17, 15) is 9.18 Å². The Balaban J connectivity index is 1.30. The number of amides is 1. The molecule has 2 aromatic heterocycles. The summed E-state index contributed by atoms with van der Waals surface area (Å²) in [5.41, 5.74) is 4.13. The highest BCUT2D eigenvalue weighted by Gasteiger charge is 2.27. The van der Waals surface area contributed by atoms with Crippen molar-refractivity contribution in [2.24, 2.45) is 0 Å². The van der Waals surface area contributed by atoms with Crippen molar-refractivity contribution < 1.29 is 9.18 Å². The quantitative estimate of drug-likeness (QED) is 0.190. The van der Waals surface area contributed by atoms with Crippen molar-refractivity contribution in [1.82, 2.24) is 29.5 Å². The summed E-state index contributed by atoms with van der Waals surface area (Å²) in [6, 6.07) is 16.2. The van der Waals surface area contributed by atoms with Gasteiger partial charge in [-0.05, 0) is 75.0 Å². The summed E-state index contributed by atoms with van der Waals surface area (Å²) in [7, 11) is 2.13. The minimum Gasteiger partial charge on any atom is -0.340 e. The summed E-state index contributed by atoms with van der Waals surface area (Å²) in [4.78, 5) is 26.2. The van der Waals surface area contributed by atoms with Gasteiger partial charge in [-0.3, -0.25) is 14.4 Å². The number of fused-ring (bicyclic) bond motifs is 2. The zero-order valence-corrected chi connectivity index (χ0v) is 25.6. The molecule has 0 aliphatic carbocycles. The zero-order chi connectivity index (χ0) is 31.6. The monoisotopic (exact) mass is 602 g/mol. The van der Waals surface area contributed by atoms with Gasteiger partial charge in [-0.25, -0.2) is 14.4 Å². The Morgan fingerprint density at radius 1 is 1.09 bits per heavy atom. The molecule has 1 fully saturated rings. The summed E-state index contributed by atoms with van der Waals surface area (Å²) < 4.78 is 15.5. The van der Waals surface area contributed by atoms with Gasteiger partial charge in [0.1, 0.15) is 18.0 Å². The van der Waals surface area contributed by atoms with E-state index in [1.165, 1.54) is 24.5 Å². The van der Waals surface area contributed by atoms with Crippen LogP contribution in [0.4, 0.5) is 21.6 Å². The molecular formula is C35H35FN8O. The van der Waals surface area contributed by atoms with Gasteiger partial charge in [0.15, 0.2) is 0 Å². The fraction of sp³-hybridized carbons (Fsp3) is 0.257. The maximum absolute atomic E-state index is 13.7. The van der Waals surface area contributed by atoms with E-state index in [2.05, 4.69) is 74.8 Å². The van der Waals surface area contributed by atoms with Gasteiger partial charge in [-0.1, -0.05) is 30.6 Å². The van der Waals surface area contributed by atoms with Gasteiger partial charge in [0.05, 0.1) is 40.6 Å². The number of nitrogens with zero attached hydrogens (tertiary/aromatic N) is 6. The highest BCUT2D eigenvalue weighted by atomic mass is 19.1. The lowest BCUT2D eigenvalue weighted by molar-refractivity contribution is -0.111. The van der Waals surface area contributed by atoms with E-state index in [-0.39, 0.29) is 17.3 Å². The second-order valence-corrected chi connectivity index (χ2v) is 11.8. The summed E-state index contributed by atoms with van der Waals surface area (Å²) in [6.07, 6.45) is 4.53. The average molecular weight is 603 g/mol. The van der Waals surface area contributed by atoms with Crippen LogP contribution in [0.25, 0.3) is 21.8 Å². The summed E-state index contributed by atoms with van der Waals surface area (Å²) in [6.45, 7) is 12.2. The molecular weight excluding hydrogens is 567 g/mol. The number of piperazine rings is 1. The Morgan fingerprint density at radius 3 is 2.69 bits per heavy atom. The Labute approximate surface area is 261 Å². The van der Waals surface area contributed by atoms with E-state index < -0.39 is 0 Å². The van der Waals surface area contributed by atoms with Crippen molar-refractivity contribution in [1.29, 1.82) is 0 Å². The second kappa shape index (κ2) is 12.5. The van der Waals surface area contributed by atoms with Gasteiger partial charge >= 0.3 is 0 Å². The van der Waals surface area contributed by atoms with Gasteiger partial charge in [-0.15, -0.1) is 0 Å². The van der Waals surface area contributed by atoms with Crippen LogP contribution in [0.1, 0.15) is 25.0 Å². The Bertz CT molecular complexity index is 1960. The first-order chi connectivity index (χ1) is 21.7. The molecule has 0 spiro atoms. The molecule has 9 nitrogen and oxygen atoms in total. The maximum Gasteiger partial charge on any atom is 0.247 e. The third kappa shape index (κ3) is 6.70. The van der Waals surface area contributed by atoms with Crippen LogP contribution in [0.2, 0.25) is 0 Å². The van der Waals surface area contributed by atoms with Gasteiger partial charge < -0.3 is 15.5 Å². The highest BCUT2D eigenvalue weighted by Crippen LogP contribution is 2.30. The lowest BCUT2D eigenvalue weighted by Gasteiger charge is -2.40. The van der Waals surface area contributed by atoms with Crippen molar-refractivity contribution in [2.75, 3.05) is 43.9 Å². The van der Waals surface area contributed by atoms with Gasteiger partial charge in [0.2, 0.25) is 5.91 Å². The predicted octanol–water partition coefficient (Wildman–Crippen LogP) is 5.41. The predicted molar refractivity (Wildman–Crippen MR) is 177 cm³/mol. The van der Waals surface area contributed by atoms with E-state index in [0.29, 0.717) is 29.1 Å². The highest BCUT2D eigenvalue weighted by molar-refractivity contribution is 6.03. The fourth-order valence-corrected chi connectivity index (χ4v) is 5.49. The van der Waals surface area contributed by atoms with E-state index >= 15 is 0 Å². The number of nitrogens with one attached hydrogen (secondary N) is 2. The number of benzene rings is 3. The molecule has 5 aromatic rings. The molecule has 1 aliphatic rings. The minimum absolute atomic E-state index is 0.270. The van der Waals surface area contributed by atoms with E-state index in [1.807, 2.05) is 41.1 Å². The number of aromatic nitrogens is 4. The van der Waals surface area contributed by atoms with Crippen molar-refractivity contribution in [3.05, 3.63) is 96.7 Å². The summed E-state index contributed by atoms with van der Waals surface area (Å²) in [5.74, 6) is 6.75. The van der Waals surface area contributed by atoms with Crippen LogP contribution in [-0.2, 0) is 11.3 Å². The van der Waals surface area contributed by atoms with Crippen LogP contribution in [0.15, 0.2) is 79.8 Å². The van der Waals surface area contributed by atoms with Gasteiger partial charge in [0, 0.05) is 42.6 Å². The molecule has 228 valence electrons. The number of halogens is 1. The van der Waals surface area contributed by atoms with Crippen LogP contribution < -0.4 is 10.6 Å². The lowest BCUT2D eigenvalue weighted by Crippen LogP contribution is -2.53. The molecule has 0 radical (unpaired) electrons. The topological polar surface area (TPSA) is 91.2 Å². The van der Waals surface area contributed by atoms with Crippen LogP contribution in [0, 0.1) is 17.7 Å². The Kier molecular flexibility index (Phi) is 8.30. The number of carbonyl (C=O) groups is 1. The molecule has 2 N–H and O–H groups in total. The smallest absolute Gasteiger partial charge is 0.247 e. The molecule has 0 atom stereocenters. The largest absolute Gasteiger partial charge is 0.340 e. The van der Waals surface area contributed by atoms with E-state index in [4.69, 9.17) is 0 Å². The lowest BCUT2D eigenvalue weighted by atomic mass is 10.0. The molecule has 0 unspecified atom stereocenters. The SMILES string of the molecule is C=CC(=O)Nc1cc2c(Nc3ccc4c(cnn4Cc4cccc(F)c4)c3)ncnc2cc1C#CC(C)(C)N1CCN(C)CC1. The number of likely N-dealkylation sites (N-methyl/N-ethyl adjacent to an activating group) is 1. The molecule has 10 heteroatoms. The molecule has 3 aromatic carbocycles. The summed E-state index contributed by atoms with van der Waals surface area (Å²) in [5, 5.41) is 12.5. The summed E-state index contributed by atoms with van der Waals surface area (Å²) >= 11 is 0. The van der Waals surface area contributed by atoms with E-state index in [0.717, 1.165) is 53.7 Å². The van der Waals surface area contributed by atoms with E-state index in [1.54, 1.807) is 12.3 Å². The second-order valence-electron chi connectivity index (χ2n) is 11.8. The average Bonchev–Trinajstić information content (AvgIpc) is 3.42. The molecule has 1 aliphatic heterocycles. The maximum atomic E-state index is 13.7. The number of hydrogen-bond acceptors (Lipinski definition) is 7. The first-order valence-corrected chi connectivity index (χ1v) is 14.8. The minimum atomic E-state index is -0.349. The number of carbonyl (C=O) groups excluding carboxylic acids is 1. The number of rotatable bonds is 7. The van der Waals surface area contributed by atoms with Crippen molar-refractivity contribution in [2.45, 2.75) is 25.9 Å². The molecule has 1 amide bonds. The molecule has 6 rings (SSSR count). The zero-order valence-electron chi connectivity index (χ0n) is 25.6. The number of hydrogen-bond donors (Lipinski definition) is 2. The fourth-order valence-electron chi connectivity index (χ4n) is 5.49. The normalized spacial score (nSPS) is 14.2. The molecule has 0 saturated carbocycles. The van der Waals surface area contributed by atoms with Crippen molar-refractivity contribution in [3.63, 3.8) is 0 Å². The van der Waals surface area contributed by atoms with Crippen LogP contribution in [-0.4, -0.2) is 74.2 Å². The van der Waals surface area contributed by atoms with Gasteiger partial charge in [-0.2, -0.15) is 5.10 Å². The molecule has 3 heterocycles. The van der Waals surface area contributed by atoms with Crippen LogP contribution in [0.5, 0.6) is 0 Å². The van der Waals surface area contributed by atoms with Crippen molar-refractivity contribution >= 4 is 44.9 Å². The molecule has 1 saturated heterocycles. The third-order valence-electron chi connectivity index (χ3n) is 8.14. The Hall–Kier alpha value is -5.11. The third-order valence-corrected chi connectivity index (χ3v) is 8.14. The van der Waals surface area contributed by atoms with Gasteiger partial charge in [0.25, 0.3) is 0 Å². The Morgan fingerprint density at radius 2 is 1.91 bits per heavy atom. The van der Waals surface area contributed by atoms with Crippen molar-refractivity contribution in [3.8, 4) is 11.8 Å². The number of anilines is 3. The van der Waals surface area contributed by atoms with Crippen LogP contribution in [0.3, 0.4) is 0 Å². The standard InChI is InChI=1S/C35H35FN8O/c1-5-33(45)41-30-20-29-31(19-25(30)11-12-35(2,3)43-15-13-42(4)14-16-43)37-23-38-34(29)40-28-9-10-32-26(18-28)21-39-44(32)22-24-7-6-8-27(36)17-24/h5-10,17-21,23H,1,13-16,22H2,2-4H3,(H,41,45)(H,37,38,40). The molecule has 0 bridgehead atoms. The molecule has 45 heavy (non-hydrogen) atoms. The first-order valence-electron chi connectivity index (χ1n) is 14.8. The first kappa shape index (κ1) is 29.9.